The molecule has 1 saturated heterocycles. The van der Waals surface area contributed by atoms with Gasteiger partial charge in [0.1, 0.15) is 17.8 Å². The van der Waals surface area contributed by atoms with Gasteiger partial charge in [-0.2, -0.15) is 5.10 Å². The van der Waals surface area contributed by atoms with E-state index in [2.05, 4.69) is 27.4 Å². The second kappa shape index (κ2) is 7.11. The van der Waals surface area contributed by atoms with Crippen molar-refractivity contribution in [3.8, 4) is 5.69 Å². The number of aryl methyl sites for hydroxylation is 1. The zero-order chi connectivity index (χ0) is 17.9. The Balaban J connectivity index is 1.47. The molecular formula is C19H22N6O. The van der Waals surface area contributed by atoms with Crippen LogP contribution in [0.2, 0.25) is 0 Å². The fourth-order valence-corrected chi connectivity index (χ4v) is 3.58. The normalized spacial score (nSPS) is 15.3. The molecule has 1 aliphatic rings. The lowest BCUT2D eigenvalue weighted by atomic mass is 9.95. The van der Waals surface area contributed by atoms with Crippen molar-refractivity contribution in [1.29, 1.82) is 0 Å². The van der Waals surface area contributed by atoms with Gasteiger partial charge in [0.15, 0.2) is 0 Å². The summed E-state index contributed by atoms with van der Waals surface area (Å²) >= 11 is 0. The Morgan fingerprint density at radius 3 is 2.65 bits per heavy atom. The number of hydrogen-bond donors (Lipinski definition) is 0. The molecule has 1 aliphatic heterocycles. The second-order valence-corrected chi connectivity index (χ2v) is 6.49. The lowest BCUT2D eigenvalue weighted by Gasteiger charge is -2.31. The number of benzene rings is 1. The van der Waals surface area contributed by atoms with Crippen molar-refractivity contribution in [2.24, 2.45) is 0 Å². The second-order valence-electron chi connectivity index (χ2n) is 6.49. The molecule has 1 aromatic carbocycles. The molecule has 0 bridgehead atoms. The molecule has 1 fully saturated rings. The Hall–Kier alpha value is -2.96. The molecule has 0 unspecified atom stereocenters. The van der Waals surface area contributed by atoms with E-state index in [1.807, 2.05) is 34.6 Å². The van der Waals surface area contributed by atoms with Gasteiger partial charge in [0.05, 0.1) is 0 Å². The highest BCUT2D eigenvalue weighted by molar-refractivity contribution is 5.92. The van der Waals surface area contributed by atoms with Gasteiger partial charge in [-0.05, 0) is 38.0 Å². The van der Waals surface area contributed by atoms with E-state index in [1.165, 1.54) is 0 Å². The molecule has 7 heteroatoms. The van der Waals surface area contributed by atoms with Crippen molar-refractivity contribution in [3.63, 3.8) is 0 Å². The number of aromatic nitrogens is 5. The first-order valence-corrected chi connectivity index (χ1v) is 9.04. The van der Waals surface area contributed by atoms with E-state index in [1.54, 1.807) is 23.3 Å². The summed E-state index contributed by atoms with van der Waals surface area (Å²) in [6.45, 7) is 4.14. The molecule has 1 amide bonds. The van der Waals surface area contributed by atoms with Gasteiger partial charge >= 0.3 is 0 Å². The number of carbonyl (C=O) groups excluding carboxylic acids is 1. The molecule has 4 rings (SSSR count). The third-order valence-corrected chi connectivity index (χ3v) is 4.99. The number of likely N-dealkylation sites (tertiary alicyclic amines) is 1. The van der Waals surface area contributed by atoms with E-state index in [-0.39, 0.29) is 5.91 Å². The summed E-state index contributed by atoms with van der Waals surface area (Å²) in [4.78, 5) is 14.7. The molecule has 2 aromatic heterocycles. The predicted molar refractivity (Wildman–Crippen MR) is 97.1 cm³/mol. The van der Waals surface area contributed by atoms with Gasteiger partial charge in [0.25, 0.3) is 5.91 Å². The lowest BCUT2D eigenvalue weighted by Crippen LogP contribution is -2.39. The topological polar surface area (TPSA) is 68.8 Å². The number of carbonyl (C=O) groups is 1. The van der Waals surface area contributed by atoms with Crippen molar-refractivity contribution in [1.82, 2.24) is 29.4 Å². The summed E-state index contributed by atoms with van der Waals surface area (Å²) in [5.74, 6) is 1.34. The van der Waals surface area contributed by atoms with Crippen molar-refractivity contribution in [2.75, 3.05) is 13.1 Å². The van der Waals surface area contributed by atoms with Gasteiger partial charge in [0.2, 0.25) is 0 Å². The maximum absolute atomic E-state index is 12.8. The summed E-state index contributed by atoms with van der Waals surface area (Å²) in [7, 11) is 0. The zero-order valence-electron chi connectivity index (χ0n) is 14.8. The van der Waals surface area contributed by atoms with E-state index >= 15 is 0 Å². The monoisotopic (exact) mass is 350 g/mol. The molecule has 26 heavy (non-hydrogen) atoms. The lowest BCUT2D eigenvalue weighted by molar-refractivity contribution is 0.0698. The summed E-state index contributed by atoms with van der Waals surface area (Å²) in [6, 6.07) is 11.9. The largest absolute Gasteiger partial charge is 0.337 e. The van der Waals surface area contributed by atoms with Gasteiger partial charge in [-0.25, -0.2) is 0 Å². The average Bonchev–Trinajstić information content (AvgIpc) is 3.37. The summed E-state index contributed by atoms with van der Waals surface area (Å²) in [5.41, 5.74) is 1.73. The molecule has 0 atom stereocenters. The van der Waals surface area contributed by atoms with Gasteiger partial charge in [-0.1, -0.05) is 18.2 Å². The molecule has 3 heterocycles. The molecule has 0 saturated carbocycles. The summed E-state index contributed by atoms with van der Waals surface area (Å²) < 4.78 is 3.80. The third kappa shape index (κ3) is 3.00. The average molecular weight is 350 g/mol. The van der Waals surface area contributed by atoms with E-state index in [4.69, 9.17) is 0 Å². The highest BCUT2D eigenvalue weighted by Crippen LogP contribution is 2.28. The maximum Gasteiger partial charge on any atom is 0.272 e. The Kier molecular flexibility index (Phi) is 4.51. The van der Waals surface area contributed by atoms with Crippen molar-refractivity contribution in [2.45, 2.75) is 32.2 Å². The van der Waals surface area contributed by atoms with E-state index < -0.39 is 0 Å². The van der Waals surface area contributed by atoms with Crippen molar-refractivity contribution >= 4 is 5.91 Å². The van der Waals surface area contributed by atoms with Gasteiger partial charge in [-0.15, -0.1) is 10.2 Å². The number of piperidine rings is 1. The number of para-hydroxylation sites is 1. The first-order valence-electron chi connectivity index (χ1n) is 9.04. The fraction of sp³-hybridized carbons (Fsp3) is 0.368. The fourth-order valence-electron chi connectivity index (χ4n) is 3.58. The van der Waals surface area contributed by atoms with E-state index in [9.17, 15) is 4.79 Å². The first-order chi connectivity index (χ1) is 12.8. The van der Waals surface area contributed by atoms with Crippen LogP contribution in [0.3, 0.4) is 0 Å². The smallest absolute Gasteiger partial charge is 0.272 e. The van der Waals surface area contributed by atoms with Crippen LogP contribution in [0.1, 0.15) is 42.0 Å². The van der Waals surface area contributed by atoms with Crippen molar-refractivity contribution in [3.05, 3.63) is 60.4 Å². The van der Waals surface area contributed by atoms with Crippen LogP contribution in [-0.2, 0) is 6.54 Å². The number of amides is 1. The number of rotatable bonds is 4. The van der Waals surface area contributed by atoms with Crippen LogP contribution < -0.4 is 0 Å². The van der Waals surface area contributed by atoms with Crippen LogP contribution in [-0.4, -0.2) is 48.4 Å². The van der Waals surface area contributed by atoms with Crippen LogP contribution >= 0.6 is 0 Å². The summed E-state index contributed by atoms with van der Waals surface area (Å²) in [5, 5.41) is 12.7. The first kappa shape index (κ1) is 16.5. The van der Waals surface area contributed by atoms with Crippen molar-refractivity contribution < 1.29 is 4.79 Å². The van der Waals surface area contributed by atoms with E-state index in [0.717, 1.165) is 37.4 Å². The SMILES string of the molecule is CCn1nccc1C(=O)N1CCC(c2nncn2-c2ccccc2)CC1. The molecule has 0 aliphatic carbocycles. The van der Waals surface area contributed by atoms with Crippen LogP contribution in [0.4, 0.5) is 0 Å². The Morgan fingerprint density at radius 1 is 1.15 bits per heavy atom. The molecule has 134 valence electrons. The number of hydrogen-bond acceptors (Lipinski definition) is 4. The molecule has 7 nitrogen and oxygen atoms in total. The minimum absolute atomic E-state index is 0.0623. The molecule has 0 radical (unpaired) electrons. The molecule has 3 aromatic rings. The predicted octanol–water partition coefficient (Wildman–Crippen LogP) is 2.50. The molecule has 0 spiro atoms. The number of nitrogens with zero attached hydrogens (tertiary/aromatic N) is 6. The highest BCUT2D eigenvalue weighted by Gasteiger charge is 2.28. The molecule has 0 N–H and O–H groups in total. The standard InChI is InChI=1S/C19H22N6O/c1-2-25-17(8-11-21-25)19(26)23-12-9-15(10-13-23)18-22-20-14-24(18)16-6-4-3-5-7-16/h3-8,11,14-15H,2,9-10,12-13H2,1H3. The molecular weight excluding hydrogens is 328 g/mol. The summed E-state index contributed by atoms with van der Waals surface area (Å²) in [6.07, 6.45) is 5.23. The quantitative estimate of drug-likeness (QED) is 0.725. The highest BCUT2D eigenvalue weighted by atomic mass is 16.2. The Bertz CT molecular complexity index is 876. The van der Waals surface area contributed by atoms with Crippen LogP contribution in [0.15, 0.2) is 48.9 Å². The van der Waals surface area contributed by atoms with Gasteiger partial charge in [-0.3, -0.25) is 14.0 Å². The Morgan fingerprint density at radius 2 is 1.92 bits per heavy atom. The zero-order valence-corrected chi connectivity index (χ0v) is 14.8. The minimum Gasteiger partial charge on any atom is -0.337 e. The van der Waals surface area contributed by atoms with Crippen LogP contribution in [0, 0.1) is 0 Å². The van der Waals surface area contributed by atoms with Gasteiger partial charge < -0.3 is 4.90 Å². The van der Waals surface area contributed by atoms with Crippen LogP contribution in [0.25, 0.3) is 5.69 Å². The Labute approximate surface area is 152 Å². The maximum atomic E-state index is 12.8. The van der Waals surface area contributed by atoms with E-state index in [0.29, 0.717) is 18.2 Å². The third-order valence-electron chi connectivity index (χ3n) is 4.99. The van der Waals surface area contributed by atoms with Gasteiger partial charge in [0, 0.05) is 37.4 Å². The minimum atomic E-state index is 0.0623. The van der Waals surface area contributed by atoms with Crippen LogP contribution in [0.5, 0.6) is 0 Å².